The third kappa shape index (κ3) is 6.30. The first-order chi connectivity index (χ1) is 5.12. The first-order valence-corrected chi connectivity index (χ1v) is 4.63. The Hall–Kier alpha value is -0.420. The highest BCUT2D eigenvalue weighted by atomic mass is 31.2. The van der Waals surface area contributed by atoms with Gasteiger partial charge in [-0.05, 0) is 13.8 Å². The average Bonchev–Trinajstić information content (AvgIpc) is 1.48. The van der Waals surface area contributed by atoms with Gasteiger partial charge in [-0.2, -0.15) is 0 Å². The Morgan fingerprint density at radius 1 is 1.50 bits per heavy atom. The average molecular weight is 198 g/mol. The molecule has 0 aromatic heterocycles. The minimum absolute atomic E-state index is 0.460. The summed E-state index contributed by atoms with van der Waals surface area (Å²) in [5, 5.41) is 8.31. The molecule has 0 fully saturated rings. The summed E-state index contributed by atoms with van der Waals surface area (Å²) in [6.45, 7) is 2.58. The van der Waals surface area contributed by atoms with Crippen LogP contribution in [0.15, 0.2) is 0 Å². The molecule has 0 rings (SSSR count). The predicted octanol–water partition coefficient (Wildman–Crippen LogP) is 0.349. The van der Waals surface area contributed by atoms with Gasteiger partial charge >= 0.3 is 13.8 Å². The van der Waals surface area contributed by atoms with E-state index in [0.29, 0.717) is 0 Å². The largest absolute Gasteiger partial charge is 0.481 e. The van der Waals surface area contributed by atoms with Gasteiger partial charge in [0.1, 0.15) is 0 Å². The maximum atomic E-state index is 10.3. The second kappa shape index (κ2) is 3.53. The van der Waals surface area contributed by atoms with Crippen molar-refractivity contribution in [2.45, 2.75) is 25.9 Å². The normalized spacial score (nSPS) is 13.0. The molecule has 0 unspecified atom stereocenters. The van der Waals surface area contributed by atoms with Crippen molar-refractivity contribution in [3.63, 3.8) is 0 Å². The fraction of sp³-hybridized carbons (Fsp3) is 0.800. The maximum Gasteiger partial charge on any atom is 0.470 e. The van der Waals surface area contributed by atoms with Gasteiger partial charge < -0.3 is 14.9 Å². The topological polar surface area (TPSA) is 104 Å². The number of phosphoric ester groups is 1. The van der Waals surface area contributed by atoms with Crippen molar-refractivity contribution in [3.8, 4) is 0 Å². The molecule has 3 N–H and O–H groups in total. The number of phosphoric acid groups is 1. The van der Waals surface area contributed by atoms with Crippen LogP contribution in [-0.2, 0) is 13.9 Å². The number of carboxylic acid groups (broad SMARTS) is 1. The number of aliphatic carboxylic acids is 1. The Kier molecular flexibility index (Phi) is 3.41. The molecule has 72 valence electrons. The lowest BCUT2D eigenvalue weighted by atomic mass is 10.1. The molecule has 0 spiro atoms. The van der Waals surface area contributed by atoms with E-state index in [2.05, 4.69) is 4.52 Å². The molecular formula is C5H11O6P. The predicted molar refractivity (Wildman–Crippen MR) is 39.5 cm³/mol. The van der Waals surface area contributed by atoms with Gasteiger partial charge in [0.15, 0.2) is 0 Å². The van der Waals surface area contributed by atoms with Gasteiger partial charge in [0, 0.05) is 0 Å². The van der Waals surface area contributed by atoms with E-state index in [-0.39, 0.29) is 0 Å². The van der Waals surface area contributed by atoms with Crippen LogP contribution in [0.3, 0.4) is 0 Å². The smallest absolute Gasteiger partial charge is 0.470 e. The summed E-state index contributed by atoms with van der Waals surface area (Å²) in [5.41, 5.74) is -1.36. The number of hydrogen-bond donors (Lipinski definition) is 3. The molecule has 0 bridgehead atoms. The molecule has 0 aromatic carbocycles. The van der Waals surface area contributed by atoms with Crippen LogP contribution in [-0.4, -0.2) is 26.5 Å². The molecule has 7 heteroatoms. The van der Waals surface area contributed by atoms with E-state index in [1.807, 2.05) is 0 Å². The Labute approximate surface area is 69.4 Å². The zero-order valence-electron chi connectivity index (χ0n) is 6.72. The van der Waals surface area contributed by atoms with E-state index in [9.17, 15) is 9.36 Å². The van der Waals surface area contributed by atoms with E-state index >= 15 is 0 Å². The SMILES string of the molecule is CC(C)(CC(=O)O)OP(=O)(O)O. The fourth-order valence-corrected chi connectivity index (χ4v) is 1.43. The van der Waals surface area contributed by atoms with Crippen LogP contribution in [0.1, 0.15) is 20.3 Å². The monoisotopic (exact) mass is 198 g/mol. The third-order valence-electron chi connectivity index (χ3n) is 0.943. The van der Waals surface area contributed by atoms with Crippen molar-refractivity contribution in [2.24, 2.45) is 0 Å². The van der Waals surface area contributed by atoms with Crippen LogP contribution in [0.5, 0.6) is 0 Å². The zero-order valence-corrected chi connectivity index (χ0v) is 7.62. The lowest BCUT2D eigenvalue weighted by molar-refractivity contribution is -0.140. The number of hydrogen-bond acceptors (Lipinski definition) is 3. The first-order valence-electron chi connectivity index (χ1n) is 3.10. The van der Waals surface area contributed by atoms with Crippen LogP contribution in [0, 0.1) is 0 Å². The van der Waals surface area contributed by atoms with Crippen LogP contribution >= 0.6 is 7.82 Å². The van der Waals surface area contributed by atoms with Crippen molar-refractivity contribution in [1.29, 1.82) is 0 Å². The first kappa shape index (κ1) is 11.6. The Bertz CT molecular complexity index is 216. The highest BCUT2D eigenvalue weighted by Crippen LogP contribution is 2.42. The van der Waals surface area contributed by atoms with Crippen LogP contribution in [0.4, 0.5) is 0 Å². The van der Waals surface area contributed by atoms with E-state index in [0.717, 1.165) is 0 Å². The Balaban J connectivity index is 4.23. The van der Waals surface area contributed by atoms with Crippen molar-refractivity contribution in [3.05, 3.63) is 0 Å². The number of carboxylic acids is 1. The van der Waals surface area contributed by atoms with E-state index in [1.165, 1.54) is 13.8 Å². The highest BCUT2D eigenvalue weighted by Gasteiger charge is 2.31. The zero-order chi connectivity index (χ0) is 9.99. The lowest BCUT2D eigenvalue weighted by Gasteiger charge is -2.22. The molecule has 0 aromatic rings. The molecule has 0 radical (unpaired) electrons. The van der Waals surface area contributed by atoms with Gasteiger partial charge in [0.25, 0.3) is 0 Å². The quantitative estimate of drug-likeness (QED) is 0.563. The standard InChI is InChI=1S/C5H11O6P/c1-5(2,3-4(6)7)11-12(8,9)10/h3H2,1-2H3,(H,6,7)(H2,8,9,10). The van der Waals surface area contributed by atoms with E-state index in [4.69, 9.17) is 14.9 Å². The minimum Gasteiger partial charge on any atom is -0.481 e. The second-order valence-electron chi connectivity index (χ2n) is 2.91. The molecule has 0 saturated carbocycles. The van der Waals surface area contributed by atoms with Gasteiger partial charge in [-0.15, -0.1) is 0 Å². The number of carbonyl (C=O) groups is 1. The minimum atomic E-state index is -4.61. The molecule has 0 aliphatic carbocycles. The van der Waals surface area contributed by atoms with Crippen LogP contribution in [0.2, 0.25) is 0 Å². The summed E-state index contributed by atoms with van der Waals surface area (Å²) in [6.07, 6.45) is -0.460. The van der Waals surface area contributed by atoms with E-state index < -0.39 is 25.8 Å². The molecule has 0 amide bonds. The number of rotatable bonds is 4. The fourth-order valence-electron chi connectivity index (χ4n) is 0.718. The summed E-state index contributed by atoms with van der Waals surface area (Å²) >= 11 is 0. The summed E-state index contributed by atoms with van der Waals surface area (Å²) in [4.78, 5) is 26.9. The molecule has 0 atom stereocenters. The maximum absolute atomic E-state index is 10.3. The molecular weight excluding hydrogens is 187 g/mol. The summed E-state index contributed by atoms with van der Waals surface area (Å²) in [5.74, 6) is -1.17. The molecule has 0 heterocycles. The van der Waals surface area contributed by atoms with Gasteiger partial charge in [-0.25, -0.2) is 4.57 Å². The van der Waals surface area contributed by atoms with Gasteiger partial charge in [0.05, 0.1) is 12.0 Å². The lowest BCUT2D eigenvalue weighted by Crippen LogP contribution is -2.26. The van der Waals surface area contributed by atoms with Crippen molar-refractivity contribution < 1.29 is 28.8 Å². The van der Waals surface area contributed by atoms with Crippen molar-refractivity contribution in [2.75, 3.05) is 0 Å². The molecule has 6 nitrogen and oxygen atoms in total. The second-order valence-corrected chi connectivity index (χ2v) is 4.08. The summed E-state index contributed by atoms with van der Waals surface area (Å²) in [6, 6.07) is 0. The highest BCUT2D eigenvalue weighted by molar-refractivity contribution is 7.46. The molecule has 12 heavy (non-hydrogen) atoms. The van der Waals surface area contributed by atoms with Crippen LogP contribution in [0.25, 0.3) is 0 Å². The molecule has 0 aliphatic heterocycles. The van der Waals surface area contributed by atoms with E-state index in [1.54, 1.807) is 0 Å². The van der Waals surface area contributed by atoms with Crippen molar-refractivity contribution in [1.82, 2.24) is 0 Å². The van der Waals surface area contributed by atoms with Crippen molar-refractivity contribution >= 4 is 13.8 Å². The third-order valence-corrected chi connectivity index (χ3v) is 1.68. The summed E-state index contributed by atoms with van der Waals surface area (Å²) < 4.78 is 14.5. The Morgan fingerprint density at radius 2 is 1.92 bits per heavy atom. The van der Waals surface area contributed by atoms with Gasteiger partial charge in [-0.3, -0.25) is 9.32 Å². The summed E-state index contributed by atoms with van der Waals surface area (Å²) in [7, 11) is -4.61. The molecule has 0 aliphatic rings. The Morgan fingerprint density at radius 3 is 2.17 bits per heavy atom. The van der Waals surface area contributed by atoms with Gasteiger partial charge in [0.2, 0.25) is 0 Å². The molecule has 0 saturated heterocycles. The van der Waals surface area contributed by atoms with Crippen LogP contribution < -0.4 is 0 Å². The van der Waals surface area contributed by atoms with Gasteiger partial charge in [-0.1, -0.05) is 0 Å².